The second kappa shape index (κ2) is 10.5. The lowest BCUT2D eigenvalue weighted by molar-refractivity contribution is 0.355. The number of rotatable bonds is 6. The van der Waals surface area contributed by atoms with Crippen LogP contribution in [0.2, 0.25) is 0 Å². The molecule has 1 aliphatic heterocycles. The van der Waals surface area contributed by atoms with E-state index in [2.05, 4.69) is 35.1 Å². The van der Waals surface area contributed by atoms with Gasteiger partial charge in [0.1, 0.15) is 12.1 Å². The van der Waals surface area contributed by atoms with Gasteiger partial charge in [-0.25, -0.2) is 9.97 Å². The first-order chi connectivity index (χ1) is 16.2. The van der Waals surface area contributed by atoms with E-state index in [4.69, 9.17) is 9.47 Å². The Morgan fingerprint density at radius 3 is 2.52 bits per heavy atom. The molecule has 0 saturated carbocycles. The van der Waals surface area contributed by atoms with E-state index >= 15 is 0 Å². The Morgan fingerprint density at radius 2 is 1.82 bits per heavy atom. The van der Waals surface area contributed by atoms with Crippen molar-refractivity contribution in [1.29, 1.82) is 5.26 Å². The van der Waals surface area contributed by atoms with Crippen molar-refractivity contribution in [3.63, 3.8) is 0 Å². The van der Waals surface area contributed by atoms with E-state index < -0.39 is 0 Å². The molecular formula is C23H26N8O2. The fourth-order valence-corrected chi connectivity index (χ4v) is 3.86. The van der Waals surface area contributed by atoms with Crippen molar-refractivity contribution in [3.05, 3.63) is 48.5 Å². The molecule has 0 radical (unpaired) electrons. The van der Waals surface area contributed by atoms with Crippen LogP contribution in [0, 0.1) is 11.5 Å². The van der Waals surface area contributed by atoms with Crippen LogP contribution in [0.3, 0.4) is 0 Å². The maximum atomic E-state index is 9.20. The number of ether oxygens (including phenoxy) is 2. The Labute approximate surface area is 192 Å². The summed E-state index contributed by atoms with van der Waals surface area (Å²) in [5.74, 6) is 2.73. The van der Waals surface area contributed by atoms with Crippen LogP contribution in [0.4, 0.5) is 5.82 Å². The molecule has 1 N–H and O–H groups in total. The van der Waals surface area contributed by atoms with E-state index in [-0.39, 0.29) is 0 Å². The normalized spacial score (nSPS) is 14.2. The lowest BCUT2D eigenvalue weighted by Gasteiger charge is -2.36. The number of guanidine groups is 1. The summed E-state index contributed by atoms with van der Waals surface area (Å²) in [6.45, 7) is 3.48. The van der Waals surface area contributed by atoms with E-state index in [1.54, 1.807) is 32.9 Å². The predicted octanol–water partition coefficient (Wildman–Crippen LogP) is 1.83. The van der Waals surface area contributed by atoms with Gasteiger partial charge in [0.25, 0.3) is 0 Å². The van der Waals surface area contributed by atoms with Crippen LogP contribution in [-0.4, -0.2) is 72.8 Å². The molecule has 1 fully saturated rings. The van der Waals surface area contributed by atoms with Crippen LogP contribution in [0.5, 0.6) is 11.5 Å². The third-order valence-electron chi connectivity index (χ3n) is 5.58. The largest absolute Gasteiger partial charge is 0.493 e. The highest BCUT2D eigenvalue weighted by atomic mass is 16.5. The summed E-state index contributed by atoms with van der Waals surface area (Å²) in [6, 6.07) is 7.73. The third kappa shape index (κ3) is 5.03. The molecule has 3 aromatic rings. The number of hydrogen-bond acceptors (Lipinski definition) is 8. The fraction of sp³-hybridized carbons (Fsp3) is 0.348. The minimum Gasteiger partial charge on any atom is -0.493 e. The number of hydrogen-bond donors (Lipinski definition) is 1. The molecule has 0 spiro atoms. The van der Waals surface area contributed by atoms with Crippen LogP contribution >= 0.6 is 0 Å². The lowest BCUT2D eigenvalue weighted by Crippen LogP contribution is -2.52. The molecule has 10 heteroatoms. The van der Waals surface area contributed by atoms with Gasteiger partial charge < -0.3 is 19.3 Å². The third-order valence-corrected chi connectivity index (χ3v) is 5.58. The zero-order valence-electron chi connectivity index (χ0n) is 18.7. The standard InChI is InChI=1S/C23H26N8O2/c1-32-20-13-18-19(14-21(20)33-2)28-16-29-22(18)30-9-11-31(12-10-30)23(27-15-24)26-8-5-17-3-6-25-7-4-17/h3-4,6-7,13-14,16H,5,8-12H2,1-2H3,(H,26,27). The number of piperazine rings is 1. The zero-order chi connectivity index (χ0) is 23.0. The Bertz CT molecular complexity index is 1150. The number of nitriles is 1. The number of nitrogens with one attached hydrogen (secondary N) is 1. The molecule has 1 saturated heterocycles. The maximum absolute atomic E-state index is 9.20. The average molecular weight is 447 g/mol. The number of aliphatic imine (C=N–C) groups is 1. The predicted molar refractivity (Wildman–Crippen MR) is 125 cm³/mol. The monoisotopic (exact) mass is 446 g/mol. The highest BCUT2D eigenvalue weighted by molar-refractivity contribution is 5.92. The summed E-state index contributed by atoms with van der Waals surface area (Å²) >= 11 is 0. The minimum atomic E-state index is 0.590. The van der Waals surface area contributed by atoms with Crippen molar-refractivity contribution in [2.75, 3.05) is 51.8 Å². The topological polar surface area (TPSA) is 112 Å². The SMILES string of the molecule is COc1cc2ncnc(N3CCN(C(=NCCc4ccncc4)NC#N)CC3)c2cc1OC. The molecule has 0 atom stereocenters. The Morgan fingerprint density at radius 1 is 1.09 bits per heavy atom. The van der Waals surface area contributed by atoms with Crippen LogP contribution in [0.1, 0.15) is 5.56 Å². The molecule has 0 amide bonds. The minimum absolute atomic E-state index is 0.590. The van der Waals surface area contributed by atoms with Crippen molar-refractivity contribution in [1.82, 2.24) is 25.2 Å². The number of anilines is 1. The fourth-order valence-electron chi connectivity index (χ4n) is 3.86. The Hall–Kier alpha value is -4.13. The summed E-state index contributed by atoms with van der Waals surface area (Å²) in [5.41, 5.74) is 1.96. The van der Waals surface area contributed by atoms with Crippen molar-refractivity contribution in [2.24, 2.45) is 4.99 Å². The highest BCUT2D eigenvalue weighted by Crippen LogP contribution is 2.34. The van der Waals surface area contributed by atoms with Gasteiger partial charge in [-0.1, -0.05) is 0 Å². The van der Waals surface area contributed by atoms with E-state index in [0.29, 0.717) is 37.1 Å². The molecular weight excluding hydrogens is 420 g/mol. The number of methoxy groups -OCH3 is 2. The van der Waals surface area contributed by atoms with Gasteiger partial charge in [-0.2, -0.15) is 5.26 Å². The van der Waals surface area contributed by atoms with Crippen molar-refractivity contribution in [3.8, 4) is 17.7 Å². The number of fused-ring (bicyclic) bond motifs is 1. The summed E-state index contributed by atoms with van der Waals surface area (Å²) in [5, 5.41) is 12.9. The molecule has 2 aromatic heterocycles. The van der Waals surface area contributed by atoms with E-state index in [1.165, 1.54) is 0 Å². The number of aromatic nitrogens is 3. The Balaban J connectivity index is 1.46. The zero-order valence-corrected chi connectivity index (χ0v) is 18.7. The summed E-state index contributed by atoms with van der Waals surface area (Å²) < 4.78 is 10.9. The Kier molecular flexibility index (Phi) is 6.99. The second-order valence-corrected chi connectivity index (χ2v) is 7.44. The van der Waals surface area contributed by atoms with E-state index in [0.717, 1.165) is 41.8 Å². The van der Waals surface area contributed by atoms with E-state index in [1.807, 2.05) is 30.5 Å². The number of nitrogens with zero attached hydrogens (tertiary/aromatic N) is 7. The quantitative estimate of drug-likeness (QED) is 0.262. The van der Waals surface area contributed by atoms with Crippen LogP contribution in [0.15, 0.2) is 48.0 Å². The van der Waals surface area contributed by atoms with Crippen molar-refractivity contribution in [2.45, 2.75) is 6.42 Å². The van der Waals surface area contributed by atoms with Gasteiger partial charge in [0.15, 0.2) is 17.7 Å². The molecule has 0 aliphatic carbocycles. The molecule has 1 aromatic carbocycles. The van der Waals surface area contributed by atoms with Crippen LogP contribution in [-0.2, 0) is 6.42 Å². The van der Waals surface area contributed by atoms with Crippen molar-refractivity contribution < 1.29 is 9.47 Å². The summed E-state index contributed by atoms with van der Waals surface area (Å²) in [6.07, 6.45) is 7.92. The summed E-state index contributed by atoms with van der Waals surface area (Å²) in [7, 11) is 3.22. The number of pyridine rings is 1. The molecule has 0 bridgehead atoms. The second-order valence-electron chi connectivity index (χ2n) is 7.44. The number of benzene rings is 1. The molecule has 10 nitrogen and oxygen atoms in total. The molecule has 0 unspecified atom stereocenters. The van der Waals surface area contributed by atoms with Gasteiger partial charge in [-0.05, 0) is 30.2 Å². The lowest BCUT2D eigenvalue weighted by atomic mass is 10.2. The first kappa shape index (κ1) is 22.1. The van der Waals surface area contributed by atoms with Gasteiger partial charge in [0, 0.05) is 56.6 Å². The van der Waals surface area contributed by atoms with Crippen LogP contribution in [0.25, 0.3) is 10.9 Å². The van der Waals surface area contributed by atoms with Gasteiger partial charge in [-0.15, -0.1) is 0 Å². The average Bonchev–Trinajstić information content (AvgIpc) is 2.87. The molecule has 4 rings (SSSR count). The highest BCUT2D eigenvalue weighted by Gasteiger charge is 2.23. The van der Waals surface area contributed by atoms with Gasteiger partial charge >= 0.3 is 0 Å². The maximum Gasteiger partial charge on any atom is 0.207 e. The smallest absolute Gasteiger partial charge is 0.207 e. The molecule has 170 valence electrons. The van der Waals surface area contributed by atoms with Gasteiger partial charge in [-0.3, -0.25) is 15.3 Å². The van der Waals surface area contributed by atoms with E-state index in [9.17, 15) is 5.26 Å². The van der Waals surface area contributed by atoms with Crippen LogP contribution < -0.4 is 19.7 Å². The molecule has 1 aliphatic rings. The van der Waals surface area contributed by atoms with Gasteiger partial charge in [0.2, 0.25) is 5.96 Å². The molecule has 3 heterocycles. The van der Waals surface area contributed by atoms with Gasteiger partial charge in [0.05, 0.1) is 19.7 Å². The first-order valence-corrected chi connectivity index (χ1v) is 10.7. The summed E-state index contributed by atoms with van der Waals surface area (Å²) in [4.78, 5) is 21.9. The first-order valence-electron chi connectivity index (χ1n) is 10.7. The van der Waals surface area contributed by atoms with Crippen molar-refractivity contribution >= 4 is 22.7 Å². The molecule has 33 heavy (non-hydrogen) atoms.